The molecule has 0 aromatic heterocycles. The second-order valence-corrected chi connectivity index (χ2v) is 5.96. The van der Waals surface area contributed by atoms with Gasteiger partial charge in [0.15, 0.2) is 17.2 Å². The van der Waals surface area contributed by atoms with Gasteiger partial charge in [-0.1, -0.05) is 30.7 Å². The van der Waals surface area contributed by atoms with Crippen LogP contribution in [0.1, 0.15) is 30.0 Å². The number of cyclic esters (lactones) is 1. The highest BCUT2D eigenvalue weighted by Crippen LogP contribution is 2.30. The zero-order valence-corrected chi connectivity index (χ0v) is 15.1. The molecule has 0 atom stereocenters. The molecular formula is C21H21NO4. The lowest BCUT2D eigenvalue weighted by Gasteiger charge is -2.10. The summed E-state index contributed by atoms with van der Waals surface area (Å²) in [6, 6.07) is 13.2. The summed E-state index contributed by atoms with van der Waals surface area (Å²) in [7, 11) is 1.59. The van der Waals surface area contributed by atoms with Crippen molar-refractivity contribution < 1.29 is 19.0 Å². The van der Waals surface area contributed by atoms with Gasteiger partial charge in [-0.2, -0.15) is 0 Å². The van der Waals surface area contributed by atoms with Crippen molar-refractivity contribution in [2.24, 2.45) is 4.99 Å². The van der Waals surface area contributed by atoms with Gasteiger partial charge in [-0.15, -0.1) is 0 Å². The summed E-state index contributed by atoms with van der Waals surface area (Å²) in [6.07, 6.45) is 2.59. The summed E-state index contributed by atoms with van der Waals surface area (Å²) in [5.74, 6) is 1.14. The summed E-state index contributed by atoms with van der Waals surface area (Å²) >= 11 is 0. The normalized spacial score (nSPS) is 15.0. The van der Waals surface area contributed by atoms with Crippen LogP contribution in [0.25, 0.3) is 6.08 Å². The van der Waals surface area contributed by atoms with Crippen LogP contribution >= 0.6 is 0 Å². The van der Waals surface area contributed by atoms with Crippen molar-refractivity contribution in [1.82, 2.24) is 0 Å². The van der Waals surface area contributed by atoms with E-state index in [-0.39, 0.29) is 5.70 Å². The third kappa shape index (κ3) is 3.94. The Labute approximate surface area is 152 Å². The molecule has 1 aliphatic heterocycles. The maximum absolute atomic E-state index is 12.1. The van der Waals surface area contributed by atoms with E-state index in [1.54, 1.807) is 13.2 Å². The number of aryl methyl sites for hydroxylation is 1. The van der Waals surface area contributed by atoms with Gasteiger partial charge in [-0.05, 0) is 49.2 Å². The molecule has 2 aromatic carbocycles. The van der Waals surface area contributed by atoms with E-state index in [0.29, 0.717) is 24.0 Å². The molecule has 0 saturated heterocycles. The predicted octanol–water partition coefficient (Wildman–Crippen LogP) is 4.14. The average molecular weight is 351 g/mol. The molecule has 3 rings (SSSR count). The monoisotopic (exact) mass is 351 g/mol. The van der Waals surface area contributed by atoms with Gasteiger partial charge in [0, 0.05) is 5.56 Å². The number of ether oxygens (including phenoxy) is 3. The first-order valence-electron chi connectivity index (χ1n) is 8.51. The lowest BCUT2D eigenvalue weighted by atomic mass is 10.1. The molecule has 0 amide bonds. The molecule has 0 fully saturated rings. The first kappa shape index (κ1) is 17.7. The van der Waals surface area contributed by atoms with E-state index in [1.807, 2.05) is 56.3 Å². The van der Waals surface area contributed by atoms with Crippen LogP contribution in [0.15, 0.2) is 53.2 Å². The fourth-order valence-corrected chi connectivity index (χ4v) is 2.49. The van der Waals surface area contributed by atoms with Crippen LogP contribution in [0.4, 0.5) is 0 Å². The Morgan fingerprint density at radius 3 is 2.58 bits per heavy atom. The van der Waals surface area contributed by atoms with Gasteiger partial charge in [0.1, 0.15) is 0 Å². The topological polar surface area (TPSA) is 57.1 Å². The highest BCUT2D eigenvalue weighted by atomic mass is 16.6. The molecule has 2 aromatic rings. The van der Waals surface area contributed by atoms with Crippen LogP contribution in [0.3, 0.4) is 0 Å². The highest BCUT2D eigenvalue weighted by Gasteiger charge is 2.24. The predicted molar refractivity (Wildman–Crippen MR) is 101 cm³/mol. The van der Waals surface area contributed by atoms with Gasteiger partial charge in [-0.3, -0.25) is 0 Å². The van der Waals surface area contributed by atoms with Gasteiger partial charge in [0.2, 0.25) is 5.90 Å². The van der Waals surface area contributed by atoms with Gasteiger partial charge >= 0.3 is 5.97 Å². The zero-order valence-electron chi connectivity index (χ0n) is 15.1. The Morgan fingerprint density at radius 1 is 1.12 bits per heavy atom. The summed E-state index contributed by atoms with van der Waals surface area (Å²) in [5, 5.41) is 0. The molecule has 5 nitrogen and oxygen atoms in total. The molecule has 0 spiro atoms. The molecule has 134 valence electrons. The number of rotatable bonds is 6. The van der Waals surface area contributed by atoms with Gasteiger partial charge < -0.3 is 14.2 Å². The fraction of sp³-hybridized carbons (Fsp3) is 0.238. The smallest absolute Gasteiger partial charge is 0.363 e. The number of aliphatic imine (C=N–C) groups is 1. The summed E-state index contributed by atoms with van der Waals surface area (Å²) in [5.41, 5.74) is 2.94. The van der Waals surface area contributed by atoms with E-state index < -0.39 is 5.97 Å². The maximum Gasteiger partial charge on any atom is 0.363 e. The van der Waals surface area contributed by atoms with Crippen molar-refractivity contribution in [2.45, 2.75) is 20.3 Å². The first-order valence-corrected chi connectivity index (χ1v) is 8.51. The SMILES string of the molecule is CCCOc1ccc(/C=C2\N=C(c3ccc(C)cc3)OC2=O)cc1OC. The number of carbonyl (C=O) groups excluding carboxylic acids is 1. The molecule has 0 N–H and O–H groups in total. The molecule has 1 heterocycles. The van der Waals surface area contributed by atoms with Crippen LogP contribution in [0, 0.1) is 6.92 Å². The number of benzene rings is 2. The fourth-order valence-electron chi connectivity index (χ4n) is 2.49. The van der Waals surface area contributed by atoms with Crippen LogP contribution in [-0.2, 0) is 9.53 Å². The van der Waals surface area contributed by atoms with E-state index in [0.717, 1.165) is 23.1 Å². The number of esters is 1. The molecule has 0 aliphatic carbocycles. The molecular weight excluding hydrogens is 330 g/mol. The Morgan fingerprint density at radius 2 is 1.88 bits per heavy atom. The minimum absolute atomic E-state index is 0.254. The van der Waals surface area contributed by atoms with Crippen LogP contribution in [0.2, 0.25) is 0 Å². The Balaban J connectivity index is 1.86. The number of hydrogen-bond acceptors (Lipinski definition) is 5. The van der Waals surface area contributed by atoms with Crippen molar-refractivity contribution in [3.8, 4) is 11.5 Å². The van der Waals surface area contributed by atoms with Crippen LogP contribution in [0.5, 0.6) is 11.5 Å². The minimum Gasteiger partial charge on any atom is -0.493 e. The van der Waals surface area contributed by atoms with E-state index in [4.69, 9.17) is 14.2 Å². The van der Waals surface area contributed by atoms with Gasteiger partial charge in [0.25, 0.3) is 0 Å². The molecule has 0 unspecified atom stereocenters. The molecule has 1 aliphatic rings. The largest absolute Gasteiger partial charge is 0.493 e. The van der Waals surface area contributed by atoms with Crippen molar-refractivity contribution >= 4 is 17.9 Å². The van der Waals surface area contributed by atoms with Crippen molar-refractivity contribution in [1.29, 1.82) is 0 Å². The first-order chi connectivity index (χ1) is 12.6. The second-order valence-electron chi connectivity index (χ2n) is 5.96. The highest BCUT2D eigenvalue weighted by molar-refractivity contribution is 6.12. The molecule has 0 radical (unpaired) electrons. The van der Waals surface area contributed by atoms with Crippen LogP contribution < -0.4 is 9.47 Å². The van der Waals surface area contributed by atoms with E-state index in [2.05, 4.69) is 4.99 Å². The number of carbonyl (C=O) groups is 1. The molecule has 26 heavy (non-hydrogen) atoms. The minimum atomic E-state index is -0.467. The summed E-state index contributed by atoms with van der Waals surface area (Å²) in [4.78, 5) is 16.5. The van der Waals surface area contributed by atoms with Crippen molar-refractivity contribution in [2.75, 3.05) is 13.7 Å². The van der Waals surface area contributed by atoms with Crippen LogP contribution in [-0.4, -0.2) is 25.6 Å². The standard InChI is InChI=1S/C21H21NO4/c1-4-11-25-18-10-7-15(13-19(18)24-3)12-17-21(23)26-20(22-17)16-8-5-14(2)6-9-16/h5-10,12-13H,4,11H2,1-3H3/b17-12-. The number of methoxy groups -OCH3 is 1. The maximum atomic E-state index is 12.1. The Kier molecular flexibility index (Phi) is 5.37. The van der Waals surface area contributed by atoms with Crippen molar-refractivity contribution in [3.05, 3.63) is 64.9 Å². The van der Waals surface area contributed by atoms with Crippen molar-refractivity contribution in [3.63, 3.8) is 0 Å². The number of nitrogens with zero attached hydrogens (tertiary/aromatic N) is 1. The van der Waals surface area contributed by atoms with Gasteiger partial charge in [0.05, 0.1) is 13.7 Å². The lowest BCUT2D eigenvalue weighted by Crippen LogP contribution is -2.05. The summed E-state index contributed by atoms with van der Waals surface area (Å²) < 4.78 is 16.3. The quantitative estimate of drug-likeness (QED) is 0.580. The van der Waals surface area contributed by atoms with Gasteiger partial charge in [-0.25, -0.2) is 9.79 Å². The molecule has 5 heteroatoms. The third-order valence-electron chi connectivity index (χ3n) is 3.87. The van der Waals surface area contributed by atoms with E-state index in [1.165, 1.54) is 0 Å². The summed E-state index contributed by atoms with van der Waals surface area (Å²) in [6.45, 7) is 4.66. The average Bonchev–Trinajstić information content (AvgIpc) is 3.01. The second kappa shape index (κ2) is 7.87. The Hall–Kier alpha value is -3.08. The zero-order chi connectivity index (χ0) is 18.5. The molecule has 0 bridgehead atoms. The van der Waals surface area contributed by atoms with E-state index >= 15 is 0 Å². The number of hydrogen-bond donors (Lipinski definition) is 0. The molecule has 0 saturated carbocycles. The third-order valence-corrected chi connectivity index (χ3v) is 3.87. The Bertz CT molecular complexity index is 866. The lowest BCUT2D eigenvalue weighted by molar-refractivity contribution is -0.129. The van der Waals surface area contributed by atoms with E-state index in [9.17, 15) is 4.79 Å².